The molecule has 0 spiro atoms. The predicted octanol–water partition coefficient (Wildman–Crippen LogP) is 5.42. The minimum Gasteiger partial charge on any atom is -0.439 e. The lowest BCUT2D eigenvalue weighted by Gasteiger charge is -2.25. The van der Waals surface area contributed by atoms with Gasteiger partial charge < -0.3 is 14.6 Å². The molecule has 0 saturated heterocycles. The number of hydrogen-bond donors (Lipinski definition) is 1. The van der Waals surface area contributed by atoms with Gasteiger partial charge >= 0.3 is 0 Å². The van der Waals surface area contributed by atoms with E-state index in [1.54, 1.807) is 23.9 Å². The van der Waals surface area contributed by atoms with E-state index in [1.807, 2.05) is 60.7 Å². The summed E-state index contributed by atoms with van der Waals surface area (Å²) in [6.45, 7) is 4.21. The number of aromatic nitrogens is 2. The number of hydrogen-bond acceptors (Lipinski definition) is 5. The summed E-state index contributed by atoms with van der Waals surface area (Å²) in [6, 6.07) is 25.8. The number of aryl methyl sites for hydroxylation is 1. The molecular formula is C30H34FN3O3. The molecule has 1 unspecified atom stereocenters. The van der Waals surface area contributed by atoms with E-state index in [1.165, 1.54) is 12.1 Å². The van der Waals surface area contributed by atoms with Gasteiger partial charge in [0.25, 0.3) is 0 Å². The Hall–Kier alpha value is -3.52. The van der Waals surface area contributed by atoms with Gasteiger partial charge in [-0.2, -0.15) is 5.10 Å². The molecule has 1 atom stereocenters. The fourth-order valence-corrected chi connectivity index (χ4v) is 4.31. The first-order valence-corrected chi connectivity index (χ1v) is 12.6. The molecule has 0 aliphatic rings. The van der Waals surface area contributed by atoms with Gasteiger partial charge in [0.1, 0.15) is 11.6 Å². The third-order valence-electron chi connectivity index (χ3n) is 6.16. The van der Waals surface area contributed by atoms with Gasteiger partial charge in [0.15, 0.2) is 0 Å². The van der Waals surface area contributed by atoms with Gasteiger partial charge in [-0.25, -0.2) is 9.07 Å². The Morgan fingerprint density at radius 2 is 1.65 bits per heavy atom. The zero-order valence-electron chi connectivity index (χ0n) is 21.4. The predicted molar refractivity (Wildman–Crippen MR) is 143 cm³/mol. The van der Waals surface area contributed by atoms with Gasteiger partial charge in [-0.1, -0.05) is 55.5 Å². The van der Waals surface area contributed by atoms with Crippen LogP contribution in [0.25, 0.3) is 5.69 Å². The number of aliphatic hydroxyl groups is 1. The molecule has 0 radical (unpaired) electrons. The zero-order chi connectivity index (χ0) is 26.0. The van der Waals surface area contributed by atoms with E-state index in [4.69, 9.17) is 14.6 Å². The van der Waals surface area contributed by atoms with Crippen molar-refractivity contribution in [2.24, 2.45) is 0 Å². The molecule has 194 valence electrons. The molecule has 7 heteroatoms. The highest BCUT2D eigenvalue weighted by atomic mass is 19.1. The molecule has 4 aromatic rings. The van der Waals surface area contributed by atoms with Crippen molar-refractivity contribution in [3.05, 3.63) is 108 Å². The SMILES string of the molecule is CCc1nn(-c2ccccc2)c(Oc2ccc(F)cc2)c1CN(CCOC)CC(O)Cc1ccccc1. The highest BCUT2D eigenvalue weighted by molar-refractivity contribution is 5.43. The average molecular weight is 504 g/mol. The number of para-hydroxylation sites is 1. The fourth-order valence-electron chi connectivity index (χ4n) is 4.31. The number of aliphatic hydroxyl groups excluding tert-OH is 1. The van der Waals surface area contributed by atoms with Gasteiger partial charge in [0.2, 0.25) is 5.88 Å². The van der Waals surface area contributed by atoms with Crippen molar-refractivity contribution < 1.29 is 19.0 Å². The minimum atomic E-state index is -0.546. The normalized spacial score (nSPS) is 12.1. The van der Waals surface area contributed by atoms with E-state index in [0.29, 0.717) is 50.7 Å². The second-order valence-electron chi connectivity index (χ2n) is 8.96. The first-order valence-electron chi connectivity index (χ1n) is 12.6. The monoisotopic (exact) mass is 503 g/mol. The third kappa shape index (κ3) is 7.26. The number of ether oxygens (including phenoxy) is 2. The van der Waals surface area contributed by atoms with Crippen molar-refractivity contribution in [2.75, 3.05) is 26.8 Å². The average Bonchev–Trinajstić information content (AvgIpc) is 3.26. The number of rotatable bonds is 13. The van der Waals surface area contributed by atoms with E-state index in [9.17, 15) is 9.50 Å². The van der Waals surface area contributed by atoms with Crippen LogP contribution in [0.4, 0.5) is 4.39 Å². The van der Waals surface area contributed by atoms with E-state index in [0.717, 1.165) is 22.5 Å². The Bertz CT molecular complexity index is 1230. The molecule has 0 aliphatic carbocycles. The molecule has 0 saturated carbocycles. The van der Waals surface area contributed by atoms with Crippen LogP contribution >= 0.6 is 0 Å². The summed E-state index contributed by atoms with van der Waals surface area (Å²) in [5.41, 5.74) is 3.79. The summed E-state index contributed by atoms with van der Waals surface area (Å²) in [7, 11) is 1.67. The van der Waals surface area contributed by atoms with E-state index >= 15 is 0 Å². The molecule has 1 heterocycles. The smallest absolute Gasteiger partial charge is 0.227 e. The Morgan fingerprint density at radius 3 is 2.30 bits per heavy atom. The van der Waals surface area contributed by atoms with E-state index in [2.05, 4.69) is 11.8 Å². The maximum atomic E-state index is 13.6. The Labute approximate surface area is 217 Å². The molecule has 37 heavy (non-hydrogen) atoms. The quantitative estimate of drug-likeness (QED) is 0.264. The van der Waals surface area contributed by atoms with Gasteiger partial charge in [-0.3, -0.25) is 4.90 Å². The topological polar surface area (TPSA) is 59.8 Å². The lowest BCUT2D eigenvalue weighted by atomic mass is 10.1. The van der Waals surface area contributed by atoms with Gasteiger partial charge in [-0.05, 0) is 54.8 Å². The second kappa shape index (κ2) is 13.1. The van der Waals surface area contributed by atoms with Crippen LogP contribution in [0.5, 0.6) is 11.6 Å². The van der Waals surface area contributed by atoms with E-state index < -0.39 is 6.10 Å². The molecule has 4 rings (SSSR count). The third-order valence-corrected chi connectivity index (χ3v) is 6.16. The summed E-state index contributed by atoms with van der Waals surface area (Å²) in [4.78, 5) is 2.17. The summed E-state index contributed by atoms with van der Waals surface area (Å²) in [6.07, 6.45) is 0.724. The van der Waals surface area contributed by atoms with Crippen molar-refractivity contribution in [3.63, 3.8) is 0 Å². The van der Waals surface area contributed by atoms with Crippen molar-refractivity contribution in [1.29, 1.82) is 0 Å². The Kier molecular flexibility index (Phi) is 9.43. The van der Waals surface area contributed by atoms with Gasteiger partial charge in [0, 0.05) is 26.7 Å². The second-order valence-corrected chi connectivity index (χ2v) is 8.96. The molecular weight excluding hydrogens is 469 g/mol. The summed E-state index contributed by atoms with van der Waals surface area (Å²) >= 11 is 0. The minimum absolute atomic E-state index is 0.323. The standard InChI is InChI=1S/C30H34FN3O3/c1-3-29-28(22-33(18-19-36-2)21-26(35)20-23-10-6-4-7-11-23)30(37-27-16-14-24(31)15-17-27)34(32-29)25-12-8-5-9-13-25/h4-17,26,35H,3,18-22H2,1-2H3. The Balaban J connectivity index is 1.66. The van der Waals surface area contributed by atoms with Crippen LogP contribution in [-0.4, -0.2) is 52.7 Å². The molecule has 6 nitrogen and oxygen atoms in total. The van der Waals surface area contributed by atoms with Crippen LogP contribution < -0.4 is 4.74 Å². The van der Waals surface area contributed by atoms with Crippen molar-refractivity contribution in [3.8, 4) is 17.3 Å². The lowest BCUT2D eigenvalue weighted by molar-refractivity contribution is 0.0846. The van der Waals surface area contributed by atoms with Gasteiger partial charge in [-0.15, -0.1) is 0 Å². The largest absolute Gasteiger partial charge is 0.439 e. The fraction of sp³-hybridized carbons (Fsp3) is 0.300. The molecule has 1 aromatic heterocycles. The summed E-state index contributed by atoms with van der Waals surface area (Å²) in [5.74, 6) is 0.779. The first kappa shape index (κ1) is 26.5. The molecule has 0 amide bonds. The zero-order valence-corrected chi connectivity index (χ0v) is 21.4. The van der Waals surface area contributed by atoms with E-state index in [-0.39, 0.29) is 5.82 Å². The highest BCUT2D eigenvalue weighted by Crippen LogP contribution is 2.32. The maximum absolute atomic E-state index is 13.6. The molecule has 1 N–H and O–H groups in total. The van der Waals surface area contributed by atoms with Crippen LogP contribution in [-0.2, 0) is 24.1 Å². The van der Waals surface area contributed by atoms with Crippen LogP contribution in [0, 0.1) is 5.82 Å². The highest BCUT2D eigenvalue weighted by Gasteiger charge is 2.24. The van der Waals surface area contributed by atoms with Crippen LogP contribution in [0.15, 0.2) is 84.9 Å². The summed E-state index contributed by atoms with van der Waals surface area (Å²) in [5, 5.41) is 15.8. The molecule has 0 bridgehead atoms. The number of halogens is 1. The van der Waals surface area contributed by atoms with Crippen LogP contribution in [0.2, 0.25) is 0 Å². The van der Waals surface area contributed by atoms with Crippen LogP contribution in [0.3, 0.4) is 0 Å². The Morgan fingerprint density at radius 1 is 0.973 bits per heavy atom. The summed E-state index contributed by atoms with van der Waals surface area (Å²) < 4.78 is 27.1. The number of methoxy groups -OCH3 is 1. The number of benzene rings is 3. The van der Waals surface area contributed by atoms with Crippen LogP contribution in [0.1, 0.15) is 23.7 Å². The van der Waals surface area contributed by atoms with Gasteiger partial charge in [0.05, 0.1) is 29.7 Å². The van der Waals surface area contributed by atoms with Crippen molar-refractivity contribution >= 4 is 0 Å². The molecule has 0 fully saturated rings. The molecule has 0 aliphatic heterocycles. The lowest BCUT2D eigenvalue weighted by Crippen LogP contribution is -2.35. The number of nitrogens with zero attached hydrogens (tertiary/aromatic N) is 3. The van der Waals surface area contributed by atoms with Crippen molar-refractivity contribution in [1.82, 2.24) is 14.7 Å². The molecule has 3 aromatic carbocycles. The first-order chi connectivity index (χ1) is 18.1. The van der Waals surface area contributed by atoms with Crippen molar-refractivity contribution in [2.45, 2.75) is 32.4 Å². The maximum Gasteiger partial charge on any atom is 0.227 e.